The van der Waals surface area contributed by atoms with Gasteiger partial charge >= 0.3 is 0 Å². The first kappa shape index (κ1) is 23.1. The average Bonchev–Trinajstić information content (AvgIpc) is 2.63. The number of benzene rings is 1. The molecule has 158 valence electrons. The van der Waals surface area contributed by atoms with Crippen molar-refractivity contribution in [1.29, 1.82) is 0 Å². The molecule has 4 atom stereocenters. The number of ether oxygens (including phenoxy) is 1. The van der Waals surface area contributed by atoms with Crippen LogP contribution in [0, 0.1) is 0 Å². The molecule has 0 saturated carbocycles. The Morgan fingerprint density at radius 2 is 1.75 bits per heavy atom. The number of morpholine rings is 1. The van der Waals surface area contributed by atoms with Gasteiger partial charge in [0, 0.05) is 30.7 Å². The summed E-state index contributed by atoms with van der Waals surface area (Å²) in [5, 5.41) is 6.39. The van der Waals surface area contributed by atoms with Crippen molar-refractivity contribution in [3.8, 4) is 0 Å². The second-order valence-corrected chi connectivity index (χ2v) is 9.51. The molecule has 0 aromatic heterocycles. The summed E-state index contributed by atoms with van der Waals surface area (Å²) in [5.74, 6) is -0.173. The van der Waals surface area contributed by atoms with Crippen LogP contribution in [0.15, 0.2) is 29.2 Å². The first-order valence-electron chi connectivity index (χ1n) is 9.57. The van der Waals surface area contributed by atoms with Crippen molar-refractivity contribution in [2.45, 2.75) is 62.8 Å². The predicted molar refractivity (Wildman–Crippen MR) is 110 cm³/mol. The average molecular weight is 432 g/mol. The fourth-order valence-electron chi connectivity index (χ4n) is 3.75. The van der Waals surface area contributed by atoms with Crippen molar-refractivity contribution >= 4 is 28.3 Å². The first-order chi connectivity index (χ1) is 12.8. The third kappa shape index (κ3) is 5.24. The van der Waals surface area contributed by atoms with Gasteiger partial charge in [-0.3, -0.25) is 4.79 Å². The lowest BCUT2D eigenvalue weighted by Gasteiger charge is -2.34. The number of amides is 1. The maximum atomic E-state index is 12.9. The fourth-order valence-corrected chi connectivity index (χ4v) is 5.34. The van der Waals surface area contributed by atoms with E-state index in [2.05, 4.69) is 17.6 Å². The molecule has 2 saturated heterocycles. The Balaban J connectivity index is 0.00000280. The summed E-state index contributed by atoms with van der Waals surface area (Å²) in [5.41, 5.74) is 0.468. The van der Waals surface area contributed by atoms with E-state index in [4.69, 9.17) is 4.74 Å². The van der Waals surface area contributed by atoms with Crippen LogP contribution in [0.1, 0.15) is 44.0 Å². The van der Waals surface area contributed by atoms with Gasteiger partial charge in [-0.05, 0) is 64.4 Å². The third-order valence-electron chi connectivity index (χ3n) is 5.22. The van der Waals surface area contributed by atoms with E-state index in [9.17, 15) is 13.2 Å². The van der Waals surface area contributed by atoms with E-state index in [1.165, 1.54) is 16.4 Å². The number of halogens is 1. The number of hydrogen-bond donors (Lipinski definition) is 2. The maximum absolute atomic E-state index is 12.9. The molecule has 1 aromatic carbocycles. The second-order valence-electron chi connectivity index (χ2n) is 7.57. The van der Waals surface area contributed by atoms with Crippen molar-refractivity contribution in [3.05, 3.63) is 29.8 Å². The highest BCUT2D eigenvalue weighted by molar-refractivity contribution is 7.89. The Bertz CT molecular complexity index is 762. The Hall–Kier alpha value is -1.19. The van der Waals surface area contributed by atoms with Crippen LogP contribution in [0.5, 0.6) is 0 Å². The van der Waals surface area contributed by atoms with Crippen LogP contribution in [-0.4, -0.2) is 62.6 Å². The summed E-state index contributed by atoms with van der Waals surface area (Å²) >= 11 is 0. The topological polar surface area (TPSA) is 87.7 Å². The molecule has 1 aromatic rings. The number of piperidine rings is 1. The number of hydrogen-bond acceptors (Lipinski definition) is 5. The molecule has 2 fully saturated rings. The van der Waals surface area contributed by atoms with Gasteiger partial charge in [-0.15, -0.1) is 12.4 Å². The maximum Gasteiger partial charge on any atom is 0.251 e. The Labute approximate surface area is 173 Å². The minimum atomic E-state index is -3.59. The van der Waals surface area contributed by atoms with Gasteiger partial charge in [-0.1, -0.05) is 0 Å². The summed E-state index contributed by atoms with van der Waals surface area (Å²) in [7, 11) is -3.59. The zero-order chi connectivity index (χ0) is 19.6. The van der Waals surface area contributed by atoms with Crippen molar-refractivity contribution in [1.82, 2.24) is 14.9 Å². The summed E-state index contributed by atoms with van der Waals surface area (Å²) in [4.78, 5) is 12.7. The van der Waals surface area contributed by atoms with Gasteiger partial charge in [0.25, 0.3) is 5.91 Å². The highest BCUT2D eigenvalue weighted by Crippen LogP contribution is 2.21. The van der Waals surface area contributed by atoms with Gasteiger partial charge in [0.2, 0.25) is 10.0 Å². The molecule has 9 heteroatoms. The molecule has 28 heavy (non-hydrogen) atoms. The molecule has 0 radical (unpaired) electrons. The SMILES string of the molecule is CC1CN(S(=O)(=O)c2ccc(C(=O)NC3CCCNC3C)cc2)CC(C)O1.Cl. The molecule has 2 aliphatic heterocycles. The molecule has 2 aliphatic rings. The van der Waals surface area contributed by atoms with Crippen LogP contribution in [0.2, 0.25) is 0 Å². The Morgan fingerprint density at radius 1 is 1.14 bits per heavy atom. The van der Waals surface area contributed by atoms with E-state index in [-0.39, 0.29) is 47.5 Å². The number of nitrogens with zero attached hydrogens (tertiary/aromatic N) is 1. The highest BCUT2D eigenvalue weighted by Gasteiger charge is 2.32. The lowest BCUT2D eigenvalue weighted by Crippen LogP contribution is -2.51. The van der Waals surface area contributed by atoms with E-state index in [1.54, 1.807) is 12.1 Å². The molecular formula is C19H30ClN3O4S. The van der Waals surface area contributed by atoms with Crippen molar-refractivity contribution in [3.63, 3.8) is 0 Å². The van der Waals surface area contributed by atoms with Crippen LogP contribution in [0.4, 0.5) is 0 Å². The molecule has 4 unspecified atom stereocenters. The van der Waals surface area contributed by atoms with Gasteiger partial charge in [-0.2, -0.15) is 4.31 Å². The Kier molecular flexibility index (Phi) is 7.87. The molecule has 2 N–H and O–H groups in total. The molecular weight excluding hydrogens is 402 g/mol. The normalized spacial score (nSPS) is 29.0. The van der Waals surface area contributed by atoms with Crippen LogP contribution in [0.3, 0.4) is 0 Å². The van der Waals surface area contributed by atoms with Crippen molar-refractivity contribution in [2.75, 3.05) is 19.6 Å². The third-order valence-corrected chi connectivity index (χ3v) is 7.06. The van der Waals surface area contributed by atoms with E-state index in [0.29, 0.717) is 18.7 Å². The number of carbonyl (C=O) groups excluding carboxylic acids is 1. The van der Waals surface area contributed by atoms with Crippen LogP contribution < -0.4 is 10.6 Å². The van der Waals surface area contributed by atoms with Gasteiger partial charge in [0.15, 0.2) is 0 Å². The molecule has 3 rings (SSSR count). The zero-order valence-corrected chi connectivity index (χ0v) is 18.2. The van der Waals surface area contributed by atoms with Crippen LogP contribution >= 0.6 is 12.4 Å². The quantitative estimate of drug-likeness (QED) is 0.758. The largest absolute Gasteiger partial charge is 0.373 e. The lowest BCUT2D eigenvalue weighted by molar-refractivity contribution is -0.0440. The summed E-state index contributed by atoms with van der Waals surface area (Å²) in [6.45, 7) is 7.44. The molecule has 0 aliphatic carbocycles. The standard InChI is InChI=1S/C19H29N3O4S.ClH/c1-13-11-22(12-14(2)26-13)27(24,25)17-8-6-16(7-9-17)19(23)21-18-5-4-10-20-15(18)3;/h6-9,13-15,18,20H,4-5,10-12H2,1-3H3,(H,21,23);1H. The molecule has 0 bridgehead atoms. The fraction of sp³-hybridized carbons (Fsp3) is 0.632. The lowest BCUT2D eigenvalue weighted by atomic mass is 9.99. The number of sulfonamides is 1. The smallest absolute Gasteiger partial charge is 0.251 e. The van der Waals surface area contributed by atoms with Gasteiger partial charge in [-0.25, -0.2) is 8.42 Å². The number of rotatable bonds is 4. The molecule has 2 heterocycles. The summed E-state index contributed by atoms with van der Waals surface area (Å²) < 4.78 is 32.8. The van der Waals surface area contributed by atoms with Crippen molar-refractivity contribution in [2.24, 2.45) is 0 Å². The summed E-state index contributed by atoms with van der Waals surface area (Å²) in [6, 6.07) is 6.50. The molecule has 1 amide bonds. The molecule has 7 nitrogen and oxygen atoms in total. The molecule has 0 spiro atoms. The van der Waals surface area contributed by atoms with Crippen LogP contribution in [0.25, 0.3) is 0 Å². The monoisotopic (exact) mass is 431 g/mol. The zero-order valence-electron chi connectivity index (χ0n) is 16.6. The van der Waals surface area contributed by atoms with Gasteiger partial charge in [0.05, 0.1) is 17.1 Å². The van der Waals surface area contributed by atoms with E-state index in [1.807, 2.05) is 13.8 Å². The van der Waals surface area contributed by atoms with E-state index < -0.39 is 10.0 Å². The summed E-state index contributed by atoms with van der Waals surface area (Å²) in [6.07, 6.45) is 1.70. The van der Waals surface area contributed by atoms with Crippen molar-refractivity contribution < 1.29 is 17.9 Å². The Morgan fingerprint density at radius 3 is 2.32 bits per heavy atom. The first-order valence-corrected chi connectivity index (χ1v) is 11.0. The minimum absolute atomic E-state index is 0. The van der Waals surface area contributed by atoms with Crippen LogP contribution in [-0.2, 0) is 14.8 Å². The predicted octanol–water partition coefficient (Wildman–Crippen LogP) is 1.78. The minimum Gasteiger partial charge on any atom is -0.373 e. The van der Waals surface area contributed by atoms with Gasteiger partial charge < -0.3 is 15.4 Å². The van der Waals surface area contributed by atoms with Gasteiger partial charge in [0.1, 0.15) is 0 Å². The van der Waals surface area contributed by atoms with E-state index >= 15 is 0 Å². The highest BCUT2D eigenvalue weighted by atomic mass is 35.5. The second kappa shape index (κ2) is 9.54. The number of carbonyl (C=O) groups is 1. The van der Waals surface area contributed by atoms with E-state index in [0.717, 1.165) is 19.4 Å². The number of nitrogens with one attached hydrogen (secondary N) is 2.